The molecule has 1 amide bonds. The largest absolute Gasteiger partial charge is 0.399 e. The number of carbonyl (C=O) groups excluding carboxylic acids is 1. The summed E-state index contributed by atoms with van der Waals surface area (Å²) >= 11 is 0. The molecule has 0 aliphatic carbocycles. The van der Waals surface area contributed by atoms with E-state index in [1.165, 1.54) is 0 Å². The molecule has 3 N–H and O–H groups in total. The van der Waals surface area contributed by atoms with E-state index in [1.54, 1.807) is 23.0 Å². The number of nitrogens with two attached hydrogens (primary N) is 1. The van der Waals surface area contributed by atoms with Crippen LogP contribution in [0, 0.1) is 0 Å². The summed E-state index contributed by atoms with van der Waals surface area (Å²) in [5.41, 5.74) is 7.36. The fourth-order valence-electron chi connectivity index (χ4n) is 1.92. The number of nitrogens with zero attached hydrogens (tertiary/aromatic N) is 2. The van der Waals surface area contributed by atoms with Crippen LogP contribution in [0.15, 0.2) is 36.7 Å². The van der Waals surface area contributed by atoms with E-state index in [0.717, 1.165) is 12.1 Å². The first-order valence-corrected chi connectivity index (χ1v) is 6.63. The molecule has 0 radical (unpaired) electrons. The minimum Gasteiger partial charge on any atom is -0.399 e. The number of benzene rings is 1. The van der Waals surface area contributed by atoms with Crippen molar-refractivity contribution in [3.63, 3.8) is 0 Å². The van der Waals surface area contributed by atoms with E-state index in [-0.39, 0.29) is 5.91 Å². The maximum Gasteiger partial charge on any atom is 0.234 e. The topological polar surface area (TPSA) is 72.9 Å². The van der Waals surface area contributed by atoms with Crippen LogP contribution in [-0.4, -0.2) is 15.7 Å². The van der Waals surface area contributed by atoms with Crippen LogP contribution >= 0.6 is 0 Å². The van der Waals surface area contributed by atoms with Gasteiger partial charge in [0.2, 0.25) is 5.91 Å². The molecule has 0 atom stereocenters. The molecule has 0 saturated carbocycles. The van der Waals surface area contributed by atoms with Gasteiger partial charge in [0, 0.05) is 18.4 Å². The smallest absolute Gasteiger partial charge is 0.234 e. The first kappa shape index (κ1) is 14.1. The third-order valence-electron chi connectivity index (χ3n) is 3.42. The number of aryl methyl sites for hydroxylation is 1. The van der Waals surface area contributed by atoms with Crippen molar-refractivity contribution < 1.29 is 4.79 Å². The van der Waals surface area contributed by atoms with Crippen molar-refractivity contribution >= 4 is 17.3 Å². The van der Waals surface area contributed by atoms with Crippen LogP contribution < -0.4 is 11.1 Å². The Morgan fingerprint density at radius 2 is 2.00 bits per heavy atom. The minimum atomic E-state index is -0.637. The first-order valence-electron chi connectivity index (χ1n) is 6.63. The molecule has 2 rings (SSSR count). The van der Waals surface area contributed by atoms with Gasteiger partial charge in [0.15, 0.2) is 0 Å². The summed E-state index contributed by atoms with van der Waals surface area (Å²) in [5, 5.41) is 7.04. The van der Waals surface area contributed by atoms with Gasteiger partial charge >= 0.3 is 0 Å². The number of aromatic nitrogens is 2. The van der Waals surface area contributed by atoms with Gasteiger partial charge in [-0.15, -0.1) is 0 Å². The summed E-state index contributed by atoms with van der Waals surface area (Å²) in [5.74, 6) is -0.0714. The average Bonchev–Trinajstić information content (AvgIpc) is 2.87. The molecule has 5 nitrogen and oxygen atoms in total. The first-order chi connectivity index (χ1) is 9.43. The van der Waals surface area contributed by atoms with Crippen molar-refractivity contribution in [2.24, 2.45) is 0 Å². The molecule has 1 aromatic heterocycles. The lowest BCUT2D eigenvalue weighted by Gasteiger charge is -2.23. The van der Waals surface area contributed by atoms with Gasteiger partial charge in [-0.3, -0.25) is 9.48 Å². The zero-order valence-electron chi connectivity index (χ0n) is 12.1. The number of hydrogen-bond acceptors (Lipinski definition) is 3. The van der Waals surface area contributed by atoms with Gasteiger partial charge in [0.25, 0.3) is 0 Å². The number of anilines is 2. The zero-order valence-corrected chi connectivity index (χ0v) is 12.1. The molecule has 1 aromatic carbocycles. The Hall–Kier alpha value is -2.30. The van der Waals surface area contributed by atoms with E-state index in [0.29, 0.717) is 11.4 Å². The molecule has 0 saturated heterocycles. The van der Waals surface area contributed by atoms with Crippen molar-refractivity contribution in [2.45, 2.75) is 32.7 Å². The Bertz CT molecular complexity index is 599. The van der Waals surface area contributed by atoms with Crippen LogP contribution in [0.5, 0.6) is 0 Å². The second kappa shape index (κ2) is 5.36. The maximum absolute atomic E-state index is 12.4. The zero-order chi connectivity index (χ0) is 14.8. The van der Waals surface area contributed by atoms with Crippen molar-refractivity contribution in [2.75, 3.05) is 11.1 Å². The molecular weight excluding hydrogens is 252 g/mol. The highest BCUT2D eigenvalue weighted by molar-refractivity contribution is 5.98. The highest BCUT2D eigenvalue weighted by atomic mass is 16.2. The Labute approximate surface area is 118 Å². The Morgan fingerprint density at radius 3 is 2.55 bits per heavy atom. The summed E-state index contributed by atoms with van der Waals surface area (Å²) in [4.78, 5) is 12.4. The van der Waals surface area contributed by atoms with Crippen molar-refractivity contribution in [3.8, 4) is 0 Å². The Kier molecular flexibility index (Phi) is 3.79. The van der Waals surface area contributed by atoms with Gasteiger partial charge in [0.05, 0.1) is 17.3 Å². The number of nitrogens with one attached hydrogen (secondary N) is 1. The number of amides is 1. The molecule has 0 fully saturated rings. The third-order valence-corrected chi connectivity index (χ3v) is 3.42. The monoisotopic (exact) mass is 272 g/mol. The van der Waals surface area contributed by atoms with Gasteiger partial charge in [-0.2, -0.15) is 5.10 Å². The molecule has 0 spiro atoms. The SMILES string of the molecule is CCn1cc(NC(=O)C(C)(C)c2ccc(N)cc2)cn1. The van der Waals surface area contributed by atoms with Gasteiger partial charge < -0.3 is 11.1 Å². The predicted molar refractivity (Wildman–Crippen MR) is 80.4 cm³/mol. The summed E-state index contributed by atoms with van der Waals surface area (Å²) in [6, 6.07) is 7.37. The van der Waals surface area contributed by atoms with E-state index in [4.69, 9.17) is 5.73 Å². The van der Waals surface area contributed by atoms with E-state index < -0.39 is 5.41 Å². The van der Waals surface area contributed by atoms with E-state index >= 15 is 0 Å². The highest BCUT2D eigenvalue weighted by Gasteiger charge is 2.29. The molecule has 5 heteroatoms. The van der Waals surface area contributed by atoms with E-state index in [1.807, 2.05) is 39.1 Å². The molecule has 106 valence electrons. The van der Waals surface area contributed by atoms with Gasteiger partial charge in [-0.05, 0) is 38.5 Å². The van der Waals surface area contributed by atoms with Crippen LogP contribution in [0.4, 0.5) is 11.4 Å². The second-order valence-electron chi connectivity index (χ2n) is 5.29. The molecule has 0 bridgehead atoms. The fourth-order valence-corrected chi connectivity index (χ4v) is 1.92. The lowest BCUT2D eigenvalue weighted by Crippen LogP contribution is -2.34. The number of hydrogen-bond donors (Lipinski definition) is 2. The molecule has 0 aliphatic rings. The van der Waals surface area contributed by atoms with E-state index in [9.17, 15) is 4.79 Å². The lowest BCUT2D eigenvalue weighted by molar-refractivity contribution is -0.120. The van der Waals surface area contributed by atoms with Crippen LogP contribution in [0.25, 0.3) is 0 Å². The summed E-state index contributed by atoms with van der Waals surface area (Å²) < 4.78 is 1.77. The summed E-state index contributed by atoms with van der Waals surface area (Å²) in [7, 11) is 0. The average molecular weight is 272 g/mol. The third kappa shape index (κ3) is 2.82. The predicted octanol–water partition coefficient (Wildman–Crippen LogP) is 2.40. The second-order valence-corrected chi connectivity index (χ2v) is 5.29. The van der Waals surface area contributed by atoms with E-state index in [2.05, 4.69) is 10.4 Å². The molecule has 2 aromatic rings. The number of rotatable bonds is 4. The van der Waals surface area contributed by atoms with Crippen molar-refractivity contribution in [3.05, 3.63) is 42.2 Å². The summed E-state index contributed by atoms with van der Waals surface area (Å²) in [6.45, 7) is 6.55. The fraction of sp³-hybridized carbons (Fsp3) is 0.333. The van der Waals surface area contributed by atoms with Crippen LogP contribution in [0.1, 0.15) is 26.3 Å². The van der Waals surface area contributed by atoms with Crippen molar-refractivity contribution in [1.29, 1.82) is 0 Å². The van der Waals surface area contributed by atoms with Gasteiger partial charge in [-0.1, -0.05) is 12.1 Å². The van der Waals surface area contributed by atoms with Crippen LogP contribution in [-0.2, 0) is 16.8 Å². The highest BCUT2D eigenvalue weighted by Crippen LogP contribution is 2.25. The van der Waals surface area contributed by atoms with Crippen molar-refractivity contribution in [1.82, 2.24) is 9.78 Å². The maximum atomic E-state index is 12.4. The normalized spacial score (nSPS) is 11.3. The van der Waals surface area contributed by atoms with Crippen LogP contribution in [0.3, 0.4) is 0 Å². The summed E-state index contributed by atoms with van der Waals surface area (Å²) in [6.07, 6.45) is 3.47. The minimum absolute atomic E-state index is 0.0714. The standard InChI is InChI=1S/C15H20N4O/c1-4-19-10-13(9-17-19)18-14(20)15(2,3)11-5-7-12(16)8-6-11/h5-10H,4,16H2,1-3H3,(H,18,20). The molecule has 20 heavy (non-hydrogen) atoms. The van der Waals surface area contributed by atoms with Gasteiger partial charge in [-0.25, -0.2) is 0 Å². The lowest BCUT2D eigenvalue weighted by atomic mass is 9.83. The molecule has 0 unspecified atom stereocenters. The molecule has 0 aliphatic heterocycles. The molecule has 1 heterocycles. The number of nitrogen functional groups attached to an aromatic ring is 1. The Balaban J connectivity index is 2.16. The number of carbonyl (C=O) groups is 1. The quantitative estimate of drug-likeness (QED) is 0.839. The van der Waals surface area contributed by atoms with Crippen LogP contribution in [0.2, 0.25) is 0 Å². The molecular formula is C15H20N4O. The Morgan fingerprint density at radius 1 is 1.35 bits per heavy atom. The van der Waals surface area contributed by atoms with Gasteiger partial charge in [0.1, 0.15) is 0 Å².